The Morgan fingerprint density at radius 1 is 1.60 bits per heavy atom. The fourth-order valence-electron chi connectivity index (χ4n) is 1.40. The molecule has 0 saturated heterocycles. The molecule has 1 rings (SSSR count). The van der Waals surface area contributed by atoms with Gasteiger partial charge in [0.2, 0.25) is 0 Å². The molecular formula is C10H16N3OP. The van der Waals surface area contributed by atoms with Crippen LogP contribution in [-0.4, -0.2) is 25.0 Å². The standard InChI is InChI=1S/C10H16N3OP/c1-7-4-9(14)8(5-11-6-15)10(12-7)13(2)3/h4,6,11,15H,5H2,1-3H3,(H,12,14). The summed E-state index contributed by atoms with van der Waals surface area (Å²) >= 11 is 0. The number of nitrogens with one attached hydrogen (secondary N) is 2. The molecule has 15 heavy (non-hydrogen) atoms. The van der Waals surface area contributed by atoms with E-state index >= 15 is 0 Å². The van der Waals surface area contributed by atoms with Crippen molar-refractivity contribution in [2.75, 3.05) is 19.0 Å². The third kappa shape index (κ3) is 2.91. The van der Waals surface area contributed by atoms with Gasteiger partial charge in [-0.15, -0.1) is 8.86 Å². The third-order valence-electron chi connectivity index (χ3n) is 2.07. The van der Waals surface area contributed by atoms with Crippen molar-refractivity contribution >= 4 is 20.6 Å². The van der Waals surface area contributed by atoms with E-state index < -0.39 is 0 Å². The lowest BCUT2D eigenvalue weighted by Gasteiger charge is -2.17. The monoisotopic (exact) mass is 225 g/mol. The van der Waals surface area contributed by atoms with Crippen molar-refractivity contribution in [3.05, 3.63) is 27.5 Å². The zero-order valence-electron chi connectivity index (χ0n) is 9.22. The first-order chi connectivity index (χ1) is 7.06. The molecule has 0 aliphatic carbocycles. The minimum Gasteiger partial charge on any atom is -0.364 e. The van der Waals surface area contributed by atoms with Gasteiger partial charge in [-0.2, -0.15) is 0 Å². The molecule has 0 spiro atoms. The minimum atomic E-state index is 0.0518. The van der Waals surface area contributed by atoms with Crippen LogP contribution in [0.5, 0.6) is 0 Å². The second-order valence-electron chi connectivity index (χ2n) is 3.56. The smallest absolute Gasteiger partial charge is 0.188 e. The molecule has 82 valence electrons. The quantitative estimate of drug-likeness (QED) is 0.743. The number of aryl methyl sites for hydroxylation is 1. The van der Waals surface area contributed by atoms with Crippen LogP contribution in [0.2, 0.25) is 0 Å². The van der Waals surface area contributed by atoms with Crippen LogP contribution in [-0.2, 0) is 6.54 Å². The van der Waals surface area contributed by atoms with Gasteiger partial charge < -0.3 is 9.88 Å². The van der Waals surface area contributed by atoms with Gasteiger partial charge in [0.1, 0.15) is 5.82 Å². The highest BCUT2D eigenvalue weighted by Crippen LogP contribution is 2.11. The largest absolute Gasteiger partial charge is 0.364 e. The third-order valence-corrected chi connectivity index (χ3v) is 2.28. The summed E-state index contributed by atoms with van der Waals surface area (Å²) in [4.78, 5) is 16.8. The number of aromatic nitrogens is 1. The van der Waals surface area contributed by atoms with Gasteiger partial charge in [0.05, 0.1) is 5.56 Å². The molecule has 0 amide bonds. The Labute approximate surface area is 91.5 Å². The molecular weight excluding hydrogens is 209 g/mol. The van der Waals surface area contributed by atoms with Gasteiger partial charge in [0.15, 0.2) is 5.43 Å². The average molecular weight is 225 g/mol. The molecule has 0 bridgehead atoms. The first kappa shape index (κ1) is 12.0. The summed E-state index contributed by atoms with van der Waals surface area (Å²) in [5.41, 5.74) is 1.66. The minimum absolute atomic E-state index is 0.0518. The van der Waals surface area contributed by atoms with Crippen molar-refractivity contribution in [3.63, 3.8) is 0 Å². The maximum Gasteiger partial charge on any atom is 0.188 e. The predicted molar refractivity (Wildman–Crippen MR) is 67.3 cm³/mol. The topological polar surface area (TPSA) is 48.1 Å². The van der Waals surface area contributed by atoms with Gasteiger partial charge in [-0.05, 0) is 12.8 Å². The van der Waals surface area contributed by atoms with Crippen molar-refractivity contribution in [2.45, 2.75) is 13.5 Å². The Morgan fingerprint density at radius 2 is 2.27 bits per heavy atom. The molecule has 0 aliphatic heterocycles. The Hall–Kier alpha value is -1.12. The van der Waals surface area contributed by atoms with Crippen molar-refractivity contribution in [1.29, 1.82) is 0 Å². The van der Waals surface area contributed by atoms with Crippen LogP contribution < -0.4 is 15.6 Å². The van der Waals surface area contributed by atoms with E-state index in [1.54, 1.807) is 12.0 Å². The van der Waals surface area contributed by atoms with Gasteiger partial charge in [0.25, 0.3) is 0 Å². The Kier molecular flexibility index (Phi) is 4.06. The highest BCUT2D eigenvalue weighted by atomic mass is 31.0. The van der Waals surface area contributed by atoms with Crippen LogP contribution in [0.3, 0.4) is 0 Å². The summed E-state index contributed by atoms with van der Waals surface area (Å²) in [6, 6.07) is 1.61. The molecule has 0 aromatic carbocycles. The maximum atomic E-state index is 11.8. The van der Waals surface area contributed by atoms with Crippen molar-refractivity contribution in [1.82, 2.24) is 10.3 Å². The highest BCUT2D eigenvalue weighted by Gasteiger charge is 2.09. The Balaban J connectivity index is 3.20. The summed E-state index contributed by atoms with van der Waals surface area (Å²) in [5.74, 6) is 2.49. The summed E-state index contributed by atoms with van der Waals surface area (Å²) in [5, 5.41) is 2.96. The van der Waals surface area contributed by atoms with E-state index in [0.29, 0.717) is 6.54 Å². The molecule has 4 nitrogen and oxygen atoms in total. The van der Waals surface area contributed by atoms with Gasteiger partial charge >= 0.3 is 0 Å². The summed E-state index contributed by atoms with van der Waals surface area (Å²) < 4.78 is 0. The number of pyridine rings is 1. The average Bonchev–Trinajstić information content (AvgIpc) is 2.15. The van der Waals surface area contributed by atoms with Crippen molar-refractivity contribution in [2.24, 2.45) is 0 Å². The Bertz CT molecular complexity index is 412. The van der Waals surface area contributed by atoms with E-state index in [9.17, 15) is 4.79 Å². The number of hydrogen-bond donors (Lipinski definition) is 2. The fourth-order valence-corrected chi connectivity index (χ4v) is 1.51. The molecule has 0 unspecified atom stereocenters. The van der Waals surface area contributed by atoms with Crippen molar-refractivity contribution in [3.8, 4) is 0 Å². The van der Waals surface area contributed by atoms with Gasteiger partial charge in [-0.3, -0.25) is 10.1 Å². The van der Waals surface area contributed by atoms with E-state index in [4.69, 9.17) is 0 Å². The molecule has 2 N–H and O–H groups in total. The SMILES string of the molecule is Cc1cc(=O)c(CNC=P)c(N(C)C)[nH]1. The van der Waals surface area contributed by atoms with Crippen LogP contribution in [0.15, 0.2) is 10.9 Å². The zero-order chi connectivity index (χ0) is 11.4. The molecule has 1 aromatic heterocycles. The molecule has 0 fully saturated rings. The van der Waals surface area contributed by atoms with Gasteiger partial charge in [-0.25, -0.2) is 0 Å². The first-order valence-electron chi connectivity index (χ1n) is 4.68. The van der Waals surface area contributed by atoms with Crippen LogP contribution >= 0.6 is 8.86 Å². The lowest BCUT2D eigenvalue weighted by atomic mass is 10.2. The van der Waals surface area contributed by atoms with Crippen molar-refractivity contribution < 1.29 is 0 Å². The van der Waals surface area contributed by atoms with E-state index in [-0.39, 0.29) is 5.43 Å². The summed E-state index contributed by atoms with van der Waals surface area (Å²) in [7, 11) is 7.01. The molecule has 5 heteroatoms. The zero-order valence-corrected chi connectivity index (χ0v) is 10.2. The molecule has 1 heterocycles. The van der Waals surface area contributed by atoms with E-state index in [2.05, 4.69) is 19.2 Å². The van der Waals surface area contributed by atoms with E-state index in [1.807, 2.05) is 25.9 Å². The van der Waals surface area contributed by atoms with Gasteiger partial charge in [0, 0.05) is 32.4 Å². The predicted octanol–water partition coefficient (Wildman–Crippen LogP) is 0.741. The lowest BCUT2D eigenvalue weighted by Crippen LogP contribution is -2.24. The number of H-pyrrole nitrogens is 1. The number of rotatable bonds is 4. The number of hydrogen-bond acceptors (Lipinski definition) is 2. The summed E-state index contributed by atoms with van der Waals surface area (Å²) in [6.07, 6.45) is 0. The second kappa shape index (κ2) is 5.10. The van der Waals surface area contributed by atoms with E-state index in [0.717, 1.165) is 17.1 Å². The summed E-state index contributed by atoms with van der Waals surface area (Å²) in [6.45, 7) is 2.38. The number of nitrogens with zero attached hydrogens (tertiary/aromatic N) is 1. The highest BCUT2D eigenvalue weighted by molar-refractivity contribution is 7.18. The van der Waals surface area contributed by atoms with E-state index in [1.165, 1.54) is 0 Å². The number of aromatic amines is 1. The molecule has 0 radical (unpaired) electrons. The van der Waals surface area contributed by atoms with Crippen LogP contribution in [0, 0.1) is 6.92 Å². The van der Waals surface area contributed by atoms with Crippen LogP contribution in [0.1, 0.15) is 11.3 Å². The molecule has 1 aromatic rings. The lowest BCUT2D eigenvalue weighted by molar-refractivity contribution is 0.896. The first-order valence-corrected chi connectivity index (χ1v) is 5.26. The normalized spacial score (nSPS) is 10.1. The van der Waals surface area contributed by atoms with Gasteiger partial charge in [-0.1, -0.05) is 0 Å². The number of anilines is 1. The second-order valence-corrected chi connectivity index (χ2v) is 3.85. The Morgan fingerprint density at radius 3 is 2.80 bits per heavy atom. The maximum absolute atomic E-state index is 11.8. The molecule has 0 saturated carbocycles. The van der Waals surface area contributed by atoms with Crippen LogP contribution in [0.25, 0.3) is 0 Å². The molecule has 0 aliphatic rings. The molecule has 0 atom stereocenters. The van der Waals surface area contributed by atoms with Crippen LogP contribution in [0.4, 0.5) is 5.82 Å². The fraction of sp³-hybridized carbons (Fsp3) is 0.400.